The van der Waals surface area contributed by atoms with E-state index in [0.717, 1.165) is 45.4 Å². The van der Waals surface area contributed by atoms with Crippen LogP contribution in [0.5, 0.6) is 11.8 Å². The van der Waals surface area contributed by atoms with Crippen LogP contribution in [0.15, 0.2) is 58.6 Å². The maximum atomic E-state index is 11.0. The number of aromatic nitrogens is 2. The van der Waals surface area contributed by atoms with Crippen molar-refractivity contribution in [3.63, 3.8) is 0 Å². The van der Waals surface area contributed by atoms with Crippen molar-refractivity contribution in [3.05, 3.63) is 65.1 Å². The summed E-state index contributed by atoms with van der Waals surface area (Å²) in [6.45, 7) is 3.69. The zero-order chi connectivity index (χ0) is 21.8. The Hall–Kier alpha value is -2.93. The molecule has 4 aromatic rings. The van der Waals surface area contributed by atoms with E-state index in [4.69, 9.17) is 9.98 Å². The molecule has 2 heterocycles. The number of hydrogen-bond acceptors (Lipinski definition) is 5. The van der Waals surface area contributed by atoms with Gasteiger partial charge in [-0.25, -0.2) is 0 Å². The van der Waals surface area contributed by atoms with Crippen LogP contribution < -0.4 is 10.7 Å². The average Bonchev–Trinajstić information content (AvgIpc) is 2.80. The SMILES string of the molecule is CCCCn1c(O)c2ccc(=NCCBr)c3c(=NCc4ccccn4)ccc(c1O)c23. The number of hydrogen-bond donors (Lipinski definition) is 2. The van der Waals surface area contributed by atoms with Gasteiger partial charge in [-0.15, -0.1) is 0 Å². The van der Waals surface area contributed by atoms with Crippen LogP contribution in [-0.4, -0.2) is 31.6 Å². The maximum absolute atomic E-state index is 11.0. The number of benzene rings is 2. The summed E-state index contributed by atoms with van der Waals surface area (Å²) in [5.74, 6) is 0.134. The second-order valence-electron chi connectivity index (χ2n) is 7.37. The quantitative estimate of drug-likeness (QED) is 0.388. The molecular formula is C24H25BrN4O2. The first kappa shape index (κ1) is 21.3. The van der Waals surface area contributed by atoms with Crippen LogP contribution in [0.25, 0.3) is 21.5 Å². The average molecular weight is 481 g/mol. The highest BCUT2D eigenvalue weighted by molar-refractivity contribution is 9.09. The molecule has 160 valence electrons. The van der Waals surface area contributed by atoms with E-state index in [1.807, 2.05) is 42.5 Å². The molecule has 0 atom stereocenters. The second kappa shape index (κ2) is 9.47. The van der Waals surface area contributed by atoms with E-state index in [0.29, 0.717) is 30.4 Å². The molecule has 31 heavy (non-hydrogen) atoms. The van der Waals surface area contributed by atoms with Crippen molar-refractivity contribution in [3.8, 4) is 11.8 Å². The number of pyridine rings is 2. The molecule has 0 unspecified atom stereocenters. The van der Waals surface area contributed by atoms with Gasteiger partial charge in [0.25, 0.3) is 0 Å². The predicted molar refractivity (Wildman–Crippen MR) is 127 cm³/mol. The minimum Gasteiger partial charge on any atom is -0.494 e. The molecule has 0 fully saturated rings. The Balaban J connectivity index is 2.03. The maximum Gasteiger partial charge on any atom is 0.201 e. The highest BCUT2D eigenvalue weighted by Crippen LogP contribution is 2.37. The van der Waals surface area contributed by atoms with Crippen molar-refractivity contribution < 1.29 is 10.2 Å². The lowest BCUT2D eigenvalue weighted by molar-refractivity contribution is 0.361. The van der Waals surface area contributed by atoms with Gasteiger partial charge in [-0.3, -0.25) is 19.5 Å². The lowest BCUT2D eigenvalue weighted by atomic mass is 10.0. The van der Waals surface area contributed by atoms with Crippen LogP contribution in [-0.2, 0) is 13.1 Å². The zero-order valence-electron chi connectivity index (χ0n) is 17.4. The van der Waals surface area contributed by atoms with Crippen molar-refractivity contribution in [1.82, 2.24) is 9.55 Å². The fourth-order valence-corrected chi connectivity index (χ4v) is 4.01. The molecule has 0 saturated carbocycles. The third-order valence-corrected chi connectivity index (χ3v) is 5.70. The third kappa shape index (κ3) is 4.14. The van der Waals surface area contributed by atoms with Crippen molar-refractivity contribution >= 4 is 37.5 Å². The van der Waals surface area contributed by atoms with Gasteiger partial charge in [0.1, 0.15) is 0 Å². The monoisotopic (exact) mass is 480 g/mol. The van der Waals surface area contributed by atoms with E-state index in [2.05, 4.69) is 27.8 Å². The molecule has 0 aliphatic rings. The van der Waals surface area contributed by atoms with E-state index in [-0.39, 0.29) is 11.8 Å². The Morgan fingerprint density at radius 1 is 0.935 bits per heavy atom. The predicted octanol–water partition coefficient (Wildman–Crippen LogP) is 4.24. The Morgan fingerprint density at radius 3 is 2.26 bits per heavy atom. The highest BCUT2D eigenvalue weighted by Gasteiger charge is 2.17. The topological polar surface area (TPSA) is 83.0 Å². The Morgan fingerprint density at radius 2 is 1.65 bits per heavy atom. The lowest BCUT2D eigenvalue weighted by Crippen LogP contribution is -2.17. The molecule has 7 heteroatoms. The number of rotatable bonds is 7. The van der Waals surface area contributed by atoms with Gasteiger partial charge in [-0.05, 0) is 42.8 Å². The molecule has 2 aromatic carbocycles. The molecule has 6 nitrogen and oxygen atoms in total. The molecule has 4 rings (SSSR count). The van der Waals surface area contributed by atoms with E-state index in [9.17, 15) is 10.2 Å². The second-order valence-corrected chi connectivity index (χ2v) is 8.17. The number of alkyl halides is 1. The van der Waals surface area contributed by atoms with Crippen molar-refractivity contribution in [2.24, 2.45) is 9.98 Å². The van der Waals surface area contributed by atoms with Gasteiger partial charge in [0, 0.05) is 46.2 Å². The minimum absolute atomic E-state index is 0.0670. The van der Waals surface area contributed by atoms with Gasteiger partial charge >= 0.3 is 0 Å². The fraction of sp³-hybridized carbons (Fsp3) is 0.292. The van der Waals surface area contributed by atoms with E-state index < -0.39 is 0 Å². The van der Waals surface area contributed by atoms with Gasteiger partial charge in [0.2, 0.25) is 11.8 Å². The molecule has 2 aromatic heterocycles. The molecular weight excluding hydrogens is 456 g/mol. The molecule has 0 spiro atoms. The fourth-order valence-electron chi connectivity index (χ4n) is 3.84. The molecule has 2 N–H and O–H groups in total. The van der Waals surface area contributed by atoms with Crippen LogP contribution in [0, 0.1) is 0 Å². The third-order valence-electron chi connectivity index (χ3n) is 5.35. The lowest BCUT2D eigenvalue weighted by Gasteiger charge is -2.17. The summed E-state index contributed by atoms with van der Waals surface area (Å²) in [6, 6.07) is 13.3. The largest absolute Gasteiger partial charge is 0.494 e. The summed E-state index contributed by atoms with van der Waals surface area (Å²) in [5.41, 5.74) is 0.872. The van der Waals surface area contributed by atoms with E-state index in [1.165, 1.54) is 0 Å². The van der Waals surface area contributed by atoms with Crippen LogP contribution in [0.2, 0.25) is 0 Å². The molecule has 0 amide bonds. The normalized spacial score (nSPS) is 13.0. The van der Waals surface area contributed by atoms with Crippen LogP contribution in [0.3, 0.4) is 0 Å². The summed E-state index contributed by atoms with van der Waals surface area (Å²) in [4.78, 5) is 13.9. The first-order valence-electron chi connectivity index (χ1n) is 10.5. The summed E-state index contributed by atoms with van der Waals surface area (Å²) in [5, 5.41) is 27.2. The van der Waals surface area contributed by atoms with E-state index >= 15 is 0 Å². The number of halogens is 1. The molecule has 0 saturated heterocycles. The Kier molecular flexibility index (Phi) is 6.51. The molecule has 0 aliphatic heterocycles. The summed E-state index contributed by atoms with van der Waals surface area (Å²) in [7, 11) is 0. The van der Waals surface area contributed by atoms with Crippen LogP contribution >= 0.6 is 15.9 Å². The van der Waals surface area contributed by atoms with Gasteiger partial charge in [-0.2, -0.15) is 0 Å². The highest BCUT2D eigenvalue weighted by atomic mass is 79.9. The van der Waals surface area contributed by atoms with Gasteiger partial charge in [0.05, 0.1) is 23.0 Å². The van der Waals surface area contributed by atoms with Crippen molar-refractivity contribution in [1.29, 1.82) is 0 Å². The van der Waals surface area contributed by atoms with Crippen LogP contribution in [0.4, 0.5) is 0 Å². The van der Waals surface area contributed by atoms with Crippen molar-refractivity contribution in [2.75, 3.05) is 11.9 Å². The Bertz CT molecular complexity index is 1310. The van der Waals surface area contributed by atoms with Gasteiger partial charge in [-0.1, -0.05) is 35.3 Å². The van der Waals surface area contributed by atoms with Crippen LogP contribution in [0.1, 0.15) is 25.5 Å². The summed E-state index contributed by atoms with van der Waals surface area (Å²) < 4.78 is 1.58. The smallest absolute Gasteiger partial charge is 0.201 e. The minimum atomic E-state index is 0.0670. The summed E-state index contributed by atoms with van der Waals surface area (Å²) >= 11 is 3.44. The molecule has 0 radical (unpaired) electrons. The molecule has 0 bridgehead atoms. The first-order chi connectivity index (χ1) is 15.2. The Labute approximate surface area is 188 Å². The number of nitrogens with zero attached hydrogens (tertiary/aromatic N) is 4. The number of unbranched alkanes of at least 4 members (excludes halogenated alkanes) is 1. The van der Waals surface area contributed by atoms with Gasteiger partial charge < -0.3 is 10.2 Å². The first-order valence-corrected chi connectivity index (χ1v) is 11.6. The van der Waals surface area contributed by atoms with Gasteiger partial charge in [0.15, 0.2) is 0 Å². The van der Waals surface area contributed by atoms with Crippen molar-refractivity contribution in [2.45, 2.75) is 32.9 Å². The number of aromatic hydroxyl groups is 2. The zero-order valence-corrected chi connectivity index (χ0v) is 19.0. The van der Waals surface area contributed by atoms with E-state index in [1.54, 1.807) is 10.8 Å². The summed E-state index contributed by atoms with van der Waals surface area (Å²) in [6.07, 6.45) is 3.59. The standard InChI is InChI=1S/C24H25BrN4O2/c1-2-3-14-29-23(30)17-7-9-19(27-13-11-25)22-20(10-8-18(21(17)22)24(29)31)28-15-16-6-4-5-12-26-16/h4-10,12,30-31H,2-3,11,13-15H2,1H3. The molecule has 0 aliphatic carbocycles.